The molecule has 2 rings (SSSR count). The van der Waals surface area contributed by atoms with Gasteiger partial charge in [-0.15, -0.1) is 5.10 Å². The van der Waals surface area contributed by atoms with Crippen LogP contribution in [0.4, 0.5) is 0 Å². The summed E-state index contributed by atoms with van der Waals surface area (Å²) in [4.78, 5) is 0. The lowest BCUT2D eigenvalue weighted by atomic mass is 9.79. The second kappa shape index (κ2) is 3.92. The molecular formula is C10H15N3O. The molecule has 1 unspecified atom stereocenters. The van der Waals surface area contributed by atoms with Gasteiger partial charge in [-0.25, -0.2) is 0 Å². The molecule has 76 valence electrons. The molecule has 0 saturated heterocycles. The SMILES string of the molecule is COc1ccc(C(N)C2CCC2)nn1. The second-order valence-electron chi connectivity index (χ2n) is 3.72. The average molecular weight is 193 g/mol. The van der Waals surface area contributed by atoms with Gasteiger partial charge in [-0.2, -0.15) is 5.10 Å². The highest BCUT2D eigenvalue weighted by molar-refractivity contribution is 5.14. The highest BCUT2D eigenvalue weighted by Crippen LogP contribution is 2.35. The lowest BCUT2D eigenvalue weighted by Crippen LogP contribution is -2.27. The van der Waals surface area contributed by atoms with Crippen LogP contribution >= 0.6 is 0 Å². The van der Waals surface area contributed by atoms with Crippen LogP contribution in [-0.4, -0.2) is 17.3 Å². The Morgan fingerprint density at radius 1 is 1.43 bits per heavy atom. The molecule has 4 nitrogen and oxygen atoms in total. The van der Waals surface area contributed by atoms with Crippen LogP contribution < -0.4 is 10.5 Å². The van der Waals surface area contributed by atoms with Gasteiger partial charge in [-0.3, -0.25) is 0 Å². The van der Waals surface area contributed by atoms with E-state index in [0.29, 0.717) is 11.8 Å². The Labute approximate surface area is 83.5 Å². The van der Waals surface area contributed by atoms with Crippen LogP contribution in [0.3, 0.4) is 0 Å². The Bertz CT molecular complexity index is 295. The zero-order chi connectivity index (χ0) is 9.97. The van der Waals surface area contributed by atoms with Gasteiger partial charge < -0.3 is 10.5 Å². The topological polar surface area (TPSA) is 61.0 Å². The van der Waals surface area contributed by atoms with Gasteiger partial charge >= 0.3 is 0 Å². The van der Waals surface area contributed by atoms with E-state index in [1.165, 1.54) is 19.3 Å². The van der Waals surface area contributed by atoms with E-state index in [2.05, 4.69) is 10.2 Å². The molecule has 1 fully saturated rings. The van der Waals surface area contributed by atoms with Crippen molar-refractivity contribution in [3.63, 3.8) is 0 Å². The minimum atomic E-state index is 0.0437. The fraction of sp³-hybridized carbons (Fsp3) is 0.600. The van der Waals surface area contributed by atoms with E-state index in [9.17, 15) is 0 Å². The molecule has 0 aliphatic heterocycles. The molecule has 0 aromatic carbocycles. The van der Waals surface area contributed by atoms with Crippen molar-refractivity contribution in [1.29, 1.82) is 0 Å². The minimum absolute atomic E-state index is 0.0437. The molecule has 1 aliphatic rings. The van der Waals surface area contributed by atoms with Crippen molar-refractivity contribution in [2.45, 2.75) is 25.3 Å². The van der Waals surface area contributed by atoms with E-state index in [1.54, 1.807) is 13.2 Å². The molecule has 2 N–H and O–H groups in total. The van der Waals surface area contributed by atoms with Crippen LogP contribution in [-0.2, 0) is 0 Å². The molecule has 1 saturated carbocycles. The molecular weight excluding hydrogens is 178 g/mol. The van der Waals surface area contributed by atoms with Crippen molar-refractivity contribution in [2.24, 2.45) is 11.7 Å². The van der Waals surface area contributed by atoms with Gasteiger partial charge in [0.2, 0.25) is 5.88 Å². The van der Waals surface area contributed by atoms with Gasteiger partial charge in [0.05, 0.1) is 18.8 Å². The number of rotatable bonds is 3. The Morgan fingerprint density at radius 3 is 2.64 bits per heavy atom. The van der Waals surface area contributed by atoms with Gasteiger partial charge in [0.15, 0.2) is 0 Å². The molecule has 0 radical (unpaired) electrons. The number of nitrogens with zero attached hydrogens (tertiary/aromatic N) is 2. The molecule has 0 bridgehead atoms. The van der Waals surface area contributed by atoms with Crippen LogP contribution in [0, 0.1) is 5.92 Å². The summed E-state index contributed by atoms with van der Waals surface area (Å²) in [5.74, 6) is 1.13. The van der Waals surface area contributed by atoms with Gasteiger partial charge in [0.25, 0.3) is 0 Å². The summed E-state index contributed by atoms with van der Waals surface area (Å²) < 4.78 is 4.94. The zero-order valence-electron chi connectivity index (χ0n) is 8.31. The molecule has 1 aromatic rings. The summed E-state index contributed by atoms with van der Waals surface area (Å²) in [5.41, 5.74) is 6.92. The monoisotopic (exact) mass is 193 g/mol. The second-order valence-corrected chi connectivity index (χ2v) is 3.72. The molecule has 1 heterocycles. The summed E-state index contributed by atoms with van der Waals surface area (Å²) >= 11 is 0. The van der Waals surface area contributed by atoms with Gasteiger partial charge in [0.1, 0.15) is 0 Å². The number of ether oxygens (including phenoxy) is 1. The molecule has 1 atom stereocenters. The third kappa shape index (κ3) is 1.70. The lowest BCUT2D eigenvalue weighted by molar-refractivity contribution is 0.259. The van der Waals surface area contributed by atoms with Crippen LogP contribution in [0.2, 0.25) is 0 Å². The van der Waals surface area contributed by atoms with E-state index in [-0.39, 0.29) is 6.04 Å². The highest BCUT2D eigenvalue weighted by Gasteiger charge is 2.26. The zero-order valence-corrected chi connectivity index (χ0v) is 8.31. The maximum atomic E-state index is 6.05. The quantitative estimate of drug-likeness (QED) is 0.785. The number of hydrogen-bond donors (Lipinski definition) is 1. The third-order valence-corrected chi connectivity index (χ3v) is 2.87. The Hall–Kier alpha value is -1.16. The summed E-state index contributed by atoms with van der Waals surface area (Å²) in [6.07, 6.45) is 3.73. The van der Waals surface area contributed by atoms with E-state index < -0.39 is 0 Å². The van der Waals surface area contributed by atoms with Gasteiger partial charge in [-0.1, -0.05) is 6.42 Å². The lowest BCUT2D eigenvalue weighted by Gasteiger charge is -2.30. The van der Waals surface area contributed by atoms with Crippen molar-refractivity contribution in [3.05, 3.63) is 17.8 Å². The standard InChI is InChI=1S/C10H15N3O/c1-14-9-6-5-8(12-13-9)10(11)7-3-2-4-7/h5-7,10H,2-4,11H2,1H3. The van der Waals surface area contributed by atoms with E-state index in [4.69, 9.17) is 10.5 Å². The fourth-order valence-electron chi connectivity index (χ4n) is 1.66. The predicted octanol–water partition coefficient (Wildman–Crippen LogP) is 1.29. The fourth-order valence-corrected chi connectivity index (χ4v) is 1.66. The first-order valence-electron chi connectivity index (χ1n) is 4.94. The molecule has 1 aliphatic carbocycles. The molecule has 0 spiro atoms. The van der Waals surface area contributed by atoms with Crippen molar-refractivity contribution in [3.8, 4) is 5.88 Å². The third-order valence-electron chi connectivity index (χ3n) is 2.87. The maximum absolute atomic E-state index is 6.05. The smallest absolute Gasteiger partial charge is 0.233 e. The van der Waals surface area contributed by atoms with Crippen LogP contribution in [0.25, 0.3) is 0 Å². The molecule has 4 heteroatoms. The van der Waals surface area contributed by atoms with Crippen LogP contribution in [0.15, 0.2) is 12.1 Å². The first-order valence-corrected chi connectivity index (χ1v) is 4.94. The maximum Gasteiger partial charge on any atom is 0.233 e. The normalized spacial score (nSPS) is 18.7. The predicted molar refractivity (Wildman–Crippen MR) is 52.9 cm³/mol. The molecule has 0 amide bonds. The first-order chi connectivity index (χ1) is 6.81. The summed E-state index contributed by atoms with van der Waals surface area (Å²) in [5, 5.41) is 7.96. The van der Waals surface area contributed by atoms with E-state index in [0.717, 1.165) is 5.69 Å². The molecule has 14 heavy (non-hydrogen) atoms. The van der Waals surface area contributed by atoms with Crippen molar-refractivity contribution in [2.75, 3.05) is 7.11 Å². The van der Waals surface area contributed by atoms with Gasteiger partial charge in [0, 0.05) is 6.07 Å². The number of aromatic nitrogens is 2. The molecule has 1 aromatic heterocycles. The van der Waals surface area contributed by atoms with Crippen LogP contribution in [0.5, 0.6) is 5.88 Å². The highest BCUT2D eigenvalue weighted by atomic mass is 16.5. The minimum Gasteiger partial charge on any atom is -0.480 e. The first kappa shape index (κ1) is 9.40. The average Bonchev–Trinajstić information content (AvgIpc) is 2.15. The van der Waals surface area contributed by atoms with Gasteiger partial charge in [-0.05, 0) is 24.8 Å². The summed E-state index contributed by atoms with van der Waals surface area (Å²) in [7, 11) is 1.58. The Balaban J connectivity index is 2.07. The summed E-state index contributed by atoms with van der Waals surface area (Å²) in [6, 6.07) is 3.75. The van der Waals surface area contributed by atoms with Crippen molar-refractivity contribution in [1.82, 2.24) is 10.2 Å². The van der Waals surface area contributed by atoms with E-state index >= 15 is 0 Å². The summed E-state index contributed by atoms with van der Waals surface area (Å²) in [6.45, 7) is 0. The number of methoxy groups -OCH3 is 1. The largest absolute Gasteiger partial charge is 0.480 e. The Kier molecular flexibility index (Phi) is 2.63. The Morgan fingerprint density at radius 2 is 2.21 bits per heavy atom. The van der Waals surface area contributed by atoms with Crippen LogP contribution in [0.1, 0.15) is 31.0 Å². The number of nitrogens with two attached hydrogens (primary N) is 1. The van der Waals surface area contributed by atoms with Crippen molar-refractivity contribution >= 4 is 0 Å². The van der Waals surface area contributed by atoms with E-state index in [1.807, 2.05) is 6.07 Å². The van der Waals surface area contributed by atoms with Crippen molar-refractivity contribution < 1.29 is 4.74 Å². The number of hydrogen-bond acceptors (Lipinski definition) is 4.